The van der Waals surface area contributed by atoms with Gasteiger partial charge in [-0.2, -0.15) is 13.5 Å². The van der Waals surface area contributed by atoms with Gasteiger partial charge in [-0.15, -0.1) is 0 Å². The fourth-order valence-electron chi connectivity index (χ4n) is 1.42. The summed E-state index contributed by atoms with van der Waals surface area (Å²) in [6.45, 7) is 0.0999. The molecule has 0 aliphatic carbocycles. The Morgan fingerprint density at radius 1 is 1.39 bits per heavy atom. The lowest BCUT2D eigenvalue weighted by molar-refractivity contribution is 0.596. The van der Waals surface area contributed by atoms with Gasteiger partial charge in [-0.25, -0.2) is 0 Å². The van der Waals surface area contributed by atoms with Crippen LogP contribution in [0, 0.1) is 0 Å². The highest BCUT2D eigenvalue weighted by atomic mass is 79.9. The minimum absolute atomic E-state index is 0.0132. The molecule has 1 heterocycles. The molecule has 2 aromatic rings. The molecule has 18 heavy (non-hydrogen) atoms. The van der Waals surface area contributed by atoms with Crippen LogP contribution >= 0.6 is 15.9 Å². The molecule has 2 rings (SSSR count). The van der Waals surface area contributed by atoms with E-state index in [0.29, 0.717) is 15.7 Å². The van der Waals surface area contributed by atoms with Crippen LogP contribution in [0.2, 0.25) is 0 Å². The Bertz CT molecular complexity index is 653. The molecule has 0 bridgehead atoms. The average molecular weight is 331 g/mol. The van der Waals surface area contributed by atoms with Crippen molar-refractivity contribution < 1.29 is 8.42 Å². The highest BCUT2D eigenvalue weighted by Gasteiger charge is 2.20. The van der Waals surface area contributed by atoms with Gasteiger partial charge in [-0.1, -0.05) is 12.1 Å². The van der Waals surface area contributed by atoms with Gasteiger partial charge in [0.05, 0.1) is 11.9 Å². The van der Waals surface area contributed by atoms with Gasteiger partial charge in [0.25, 0.3) is 10.0 Å². The number of H-pyrrole nitrogens is 1. The lowest BCUT2D eigenvalue weighted by atomic mass is 10.3. The number of nitrogens with zero attached hydrogens (tertiary/aromatic N) is 1. The van der Waals surface area contributed by atoms with Gasteiger partial charge < -0.3 is 5.73 Å². The second kappa shape index (κ2) is 5.09. The summed E-state index contributed by atoms with van der Waals surface area (Å²) in [7, 11) is -3.71. The van der Waals surface area contributed by atoms with E-state index in [4.69, 9.17) is 5.73 Å². The molecule has 0 fully saturated rings. The van der Waals surface area contributed by atoms with Crippen molar-refractivity contribution in [3.8, 4) is 0 Å². The van der Waals surface area contributed by atoms with Crippen LogP contribution in [0.1, 0.15) is 5.56 Å². The van der Waals surface area contributed by atoms with Crippen LogP contribution in [-0.2, 0) is 16.6 Å². The molecule has 1 aromatic carbocycles. The van der Waals surface area contributed by atoms with E-state index in [1.165, 1.54) is 6.20 Å². The Kier molecular flexibility index (Phi) is 3.69. The third-order valence-electron chi connectivity index (χ3n) is 2.28. The van der Waals surface area contributed by atoms with Crippen LogP contribution in [0.3, 0.4) is 0 Å². The summed E-state index contributed by atoms with van der Waals surface area (Å²) in [4.78, 5) is 0. The Labute approximate surface area is 113 Å². The minimum Gasteiger partial charge on any atom is -0.326 e. The summed E-state index contributed by atoms with van der Waals surface area (Å²) in [5.74, 6) is 0. The number of hydrogen-bond acceptors (Lipinski definition) is 4. The van der Waals surface area contributed by atoms with Crippen LogP contribution in [-0.4, -0.2) is 18.6 Å². The Hall–Kier alpha value is -1.38. The minimum atomic E-state index is -3.71. The molecule has 6 nitrogen and oxygen atoms in total. The first kappa shape index (κ1) is 13.1. The van der Waals surface area contributed by atoms with Gasteiger partial charge in [0.1, 0.15) is 0 Å². The zero-order valence-corrected chi connectivity index (χ0v) is 11.6. The summed E-state index contributed by atoms with van der Waals surface area (Å²) in [5, 5.41) is 6.12. The molecule has 0 aliphatic rings. The summed E-state index contributed by atoms with van der Waals surface area (Å²) >= 11 is 3.27. The number of nitrogens with two attached hydrogens (primary N) is 1. The van der Waals surface area contributed by atoms with Crippen molar-refractivity contribution in [1.82, 2.24) is 10.2 Å². The van der Waals surface area contributed by atoms with Crippen LogP contribution < -0.4 is 10.5 Å². The van der Waals surface area contributed by atoms with Gasteiger partial charge in [0, 0.05) is 16.6 Å². The molecule has 4 N–H and O–H groups in total. The van der Waals surface area contributed by atoms with Crippen LogP contribution in [0.15, 0.2) is 40.0 Å². The van der Waals surface area contributed by atoms with Crippen molar-refractivity contribution in [2.75, 3.05) is 4.72 Å². The third-order valence-corrected chi connectivity index (χ3v) is 4.36. The normalized spacial score (nSPS) is 11.4. The fraction of sp³-hybridized carbons (Fsp3) is 0.100. The maximum atomic E-state index is 12.1. The maximum absolute atomic E-state index is 12.1. The number of para-hydroxylation sites is 1. The number of benzene rings is 1. The van der Waals surface area contributed by atoms with E-state index in [1.807, 2.05) is 0 Å². The second-order valence-electron chi connectivity index (χ2n) is 3.51. The Balaban J connectivity index is 2.37. The SMILES string of the molecule is NCc1cn[nH]c1S(=O)(=O)Nc1ccccc1Br. The molecule has 0 amide bonds. The smallest absolute Gasteiger partial charge is 0.279 e. The lowest BCUT2D eigenvalue weighted by Gasteiger charge is -2.09. The molecular weight excluding hydrogens is 320 g/mol. The Morgan fingerprint density at radius 3 is 2.78 bits per heavy atom. The number of nitrogens with one attached hydrogen (secondary N) is 2. The molecule has 96 valence electrons. The van der Waals surface area contributed by atoms with Crippen molar-refractivity contribution in [2.45, 2.75) is 11.6 Å². The fourth-order valence-corrected chi connectivity index (χ4v) is 3.16. The highest BCUT2D eigenvalue weighted by molar-refractivity contribution is 9.10. The topological polar surface area (TPSA) is 101 Å². The number of aromatic amines is 1. The van der Waals surface area contributed by atoms with E-state index >= 15 is 0 Å². The average Bonchev–Trinajstić information content (AvgIpc) is 2.81. The van der Waals surface area contributed by atoms with E-state index in [0.717, 1.165) is 0 Å². The van der Waals surface area contributed by atoms with Gasteiger partial charge in [0.15, 0.2) is 5.03 Å². The van der Waals surface area contributed by atoms with Gasteiger partial charge >= 0.3 is 0 Å². The maximum Gasteiger partial charge on any atom is 0.279 e. The van der Waals surface area contributed by atoms with Crippen molar-refractivity contribution in [1.29, 1.82) is 0 Å². The number of halogens is 1. The molecule has 1 aromatic heterocycles. The molecule has 0 saturated carbocycles. The van der Waals surface area contributed by atoms with Crippen molar-refractivity contribution in [3.05, 3.63) is 40.5 Å². The molecule has 0 atom stereocenters. The Morgan fingerprint density at radius 2 is 2.11 bits per heavy atom. The highest BCUT2D eigenvalue weighted by Crippen LogP contribution is 2.24. The summed E-state index contributed by atoms with van der Waals surface area (Å²) in [6, 6.07) is 6.93. The number of hydrogen-bond donors (Lipinski definition) is 3. The van der Waals surface area contributed by atoms with Crippen molar-refractivity contribution in [3.63, 3.8) is 0 Å². The first-order chi connectivity index (χ1) is 8.54. The zero-order chi connectivity index (χ0) is 13.2. The largest absolute Gasteiger partial charge is 0.326 e. The summed E-state index contributed by atoms with van der Waals surface area (Å²) < 4.78 is 27.4. The van der Waals surface area contributed by atoms with Gasteiger partial charge in [-0.05, 0) is 28.1 Å². The summed E-state index contributed by atoms with van der Waals surface area (Å²) in [6.07, 6.45) is 1.40. The second-order valence-corrected chi connectivity index (χ2v) is 5.99. The first-order valence-corrected chi connectivity index (χ1v) is 7.32. The number of anilines is 1. The monoisotopic (exact) mass is 330 g/mol. The standard InChI is InChI=1S/C10H11BrN4O2S/c11-8-3-1-2-4-9(8)15-18(16,17)10-7(5-12)6-13-14-10/h1-4,6,15H,5,12H2,(H,13,14). The molecule has 0 spiro atoms. The first-order valence-electron chi connectivity index (χ1n) is 5.04. The number of rotatable bonds is 4. The van der Waals surface area contributed by atoms with Gasteiger partial charge in [-0.3, -0.25) is 9.82 Å². The van der Waals surface area contributed by atoms with E-state index < -0.39 is 10.0 Å². The quantitative estimate of drug-likeness (QED) is 0.789. The zero-order valence-electron chi connectivity index (χ0n) is 9.22. The van der Waals surface area contributed by atoms with E-state index in [-0.39, 0.29) is 11.6 Å². The predicted octanol–water partition coefficient (Wildman–Crippen LogP) is 1.43. The van der Waals surface area contributed by atoms with Crippen molar-refractivity contribution in [2.24, 2.45) is 5.73 Å². The molecule has 8 heteroatoms. The van der Waals surface area contributed by atoms with E-state index in [2.05, 4.69) is 30.8 Å². The molecule has 0 aliphatic heterocycles. The lowest BCUT2D eigenvalue weighted by Crippen LogP contribution is -2.16. The third kappa shape index (κ3) is 2.55. The van der Waals surface area contributed by atoms with E-state index in [9.17, 15) is 8.42 Å². The van der Waals surface area contributed by atoms with Crippen molar-refractivity contribution >= 4 is 31.6 Å². The van der Waals surface area contributed by atoms with Crippen LogP contribution in [0.5, 0.6) is 0 Å². The van der Waals surface area contributed by atoms with Gasteiger partial charge in [0.2, 0.25) is 0 Å². The van der Waals surface area contributed by atoms with Crippen LogP contribution in [0.25, 0.3) is 0 Å². The number of aromatic nitrogens is 2. The predicted molar refractivity (Wildman–Crippen MR) is 71.4 cm³/mol. The molecule has 0 radical (unpaired) electrons. The summed E-state index contributed by atoms with van der Waals surface area (Å²) in [5.41, 5.74) is 6.35. The molecule has 0 saturated heterocycles. The molecule has 0 unspecified atom stereocenters. The number of sulfonamides is 1. The molecular formula is C10H11BrN4O2S. The van der Waals surface area contributed by atoms with Crippen LogP contribution in [0.4, 0.5) is 5.69 Å². The van der Waals surface area contributed by atoms with E-state index in [1.54, 1.807) is 24.3 Å².